The van der Waals surface area contributed by atoms with Crippen LogP contribution in [-0.4, -0.2) is 21.7 Å². The van der Waals surface area contributed by atoms with Crippen LogP contribution in [0.2, 0.25) is 0 Å². The van der Waals surface area contributed by atoms with E-state index in [9.17, 15) is 4.79 Å². The number of carbonyl (C=O) groups excluding carboxylic acids is 1. The van der Waals surface area contributed by atoms with E-state index in [2.05, 4.69) is 24.3 Å². The topological polar surface area (TPSA) is 46.9 Å². The van der Waals surface area contributed by atoms with E-state index in [1.54, 1.807) is 0 Å². The van der Waals surface area contributed by atoms with Crippen molar-refractivity contribution in [1.29, 1.82) is 0 Å². The fourth-order valence-corrected chi connectivity index (χ4v) is 2.41. The van der Waals surface area contributed by atoms with Crippen molar-refractivity contribution in [1.82, 2.24) is 15.1 Å². The Balaban J connectivity index is 2.15. The Kier molecular flexibility index (Phi) is 4.78. The highest BCUT2D eigenvalue weighted by atomic mass is 16.1. The molecule has 2 aromatic rings. The maximum absolute atomic E-state index is 12.2. The Bertz CT molecular complexity index is 609. The van der Waals surface area contributed by atoms with Crippen LogP contribution in [0.3, 0.4) is 0 Å². The molecule has 0 saturated heterocycles. The normalized spacial score (nSPS) is 10.9. The van der Waals surface area contributed by atoms with Crippen LogP contribution in [0.25, 0.3) is 5.69 Å². The first-order valence-corrected chi connectivity index (χ1v) is 7.49. The van der Waals surface area contributed by atoms with Crippen LogP contribution in [0.1, 0.15) is 48.4 Å². The van der Waals surface area contributed by atoms with Crippen molar-refractivity contribution >= 4 is 5.91 Å². The Hall–Kier alpha value is -2.10. The predicted molar refractivity (Wildman–Crippen MR) is 84.9 cm³/mol. The van der Waals surface area contributed by atoms with E-state index >= 15 is 0 Å². The zero-order chi connectivity index (χ0) is 15.4. The third-order valence-electron chi connectivity index (χ3n) is 3.70. The van der Waals surface area contributed by atoms with E-state index < -0.39 is 0 Å². The molecular weight excluding hydrogens is 262 g/mol. The highest BCUT2D eigenvalue weighted by molar-refractivity contribution is 5.94. The summed E-state index contributed by atoms with van der Waals surface area (Å²) < 4.78 is 1.89. The second-order valence-electron chi connectivity index (χ2n) is 5.37. The zero-order valence-electron chi connectivity index (χ0n) is 13.2. The van der Waals surface area contributed by atoms with Gasteiger partial charge in [-0.1, -0.05) is 13.8 Å². The standard InChI is InChI=1S/C17H23N3O/c1-5-15(6-2)18-17(21)14-7-9-16(10-8-14)20-13(4)11-12(3)19-20/h7-11,15H,5-6H2,1-4H3,(H,18,21). The summed E-state index contributed by atoms with van der Waals surface area (Å²) in [7, 11) is 0. The summed E-state index contributed by atoms with van der Waals surface area (Å²) in [6.45, 7) is 8.16. The molecule has 112 valence electrons. The minimum atomic E-state index is -0.0105. The van der Waals surface area contributed by atoms with Crippen molar-refractivity contribution < 1.29 is 4.79 Å². The fourth-order valence-electron chi connectivity index (χ4n) is 2.41. The smallest absolute Gasteiger partial charge is 0.251 e. The molecule has 0 aliphatic carbocycles. The van der Waals surface area contributed by atoms with Crippen LogP contribution in [0.5, 0.6) is 0 Å². The molecule has 0 aliphatic rings. The van der Waals surface area contributed by atoms with Crippen LogP contribution in [0.15, 0.2) is 30.3 Å². The van der Waals surface area contributed by atoms with Gasteiger partial charge in [0.2, 0.25) is 0 Å². The van der Waals surface area contributed by atoms with E-state index in [1.165, 1.54) is 0 Å². The minimum Gasteiger partial charge on any atom is -0.349 e. The molecule has 1 aromatic heterocycles. The number of carbonyl (C=O) groups is 1. The van der Waals surface area contributed by atoms with Crippen molar-refractivity contribution in [3.8, 4) is 5.69 Å². The number of hydrogen-bond donors (Lipinski definition) is 1. The van der Waals surface area contributed by atoms with Crippen molar-refractivity contribution in [2.45, 2.75) is 46.6 Å². The second-order valence-corrected chi connectivity index (χ2v) is 5.37. The average Bonchev–Trinajstić information content (AvgIpc) is 2.83. The number of aromatic nitrogens is 2. The van der Waals surface area contributed by atoms with Crippen LogP contribution in [-0.2, 0) is 0 Å². The van der Waals surface area contributed by atoms with Gasteiger partial charge in [0.1, 0.15) is 0 Å². The SMILES string of the molecule is CCC(CC)NC(=O)c1ccc(-n2nc(C)cc2C)cc1. The molecule has 1 aromatic carbocycles. The maximum atomic E-state index is 12.2. The van der Waals surface area contributed by atoms with Gasteiger partial charge in [-0.3, -0.25) is 4.79 Å². The molecule has 21 heavy (non-hydrogen) atoms. The third-order valence-corrected chi connectivity index (χ3v) is 3.70. The number of rotatable bonds is 5. The second kappa shape index (κ2) is 6.57. The Labute approximate surface area is 126 Å². The number of hydrogen-bond acceptors (Lipinski definition) is 2. The Morgan fingerprint density at radius 2 is 1.81 bits per heavy atom. The Morgan fingerprint density at radius 3 is 2.29 bits per heavy atom. The summed E-state index contributed by atoms with van der Waals surface area (Å²) in [6, 6.07) is 9.84. The van der Waals surface area contributed by atoms with Gasteiger partial charge in [0.25, 0.3) is 5.91 Å². The van der Waals surface area contributed by atoms with Gasteiger partial charge in [0, 0.05) is 17.3 Å². The van der Waals surface area contributed by atoms with Gasteiger partial charge in [-0.15, -0.1) is 0 Å². The summed E-state index contributed by atoms with van der Waals surface area (Å²) in [5.74, 6) is -0.0105. The largest absolute Gasteiger partial charge is 0.349 e. The molecule has 0 fully saturated rings. The molecule has 4 heteroatoms. The van der Waals surface area contributed by atoms with Gasteiger partial charge in [0.05, 0.1) is 11.4 Å². The summed E-state index contributed by atoms with van der Waals surface area (Å²) in [4.78, 5) is 12.2. The van der Waals surface area contributed by atoms with Gasteiger partial charge in [0.15, 0.2) is 0 Å². The van der Waals surface area contributed by atoms with Gasteiger partial charge < -0.3 is 5.32 Å². The molecule has 2 rings (SSSR count). The first-order valence-electron chi connectivity index (χ1n) is 7.49. The quantitative estimate of drug-likeness (QED) is 0.915. The molecule has 0 spiro atoms. The molecule has 1 heterocycles. The van der Waals surface area contributed by atoms with E-state index in [0.29, 0.717) is 5.56 Å². The Morgan fingerprint density at radius 1 is 1.19 bits per heavy atom. The highest BCUT2D eigenvalue weighted by Gasteiger charge is 2.11. The van der Waals surface area contributed by atoms with Gasteiger partial charge in [-0.25, -0.2) is 4.68 Å². The zero-order valence-corrected chi connectivity index (χ0v) is 13.2. The molecule has 1 amide bonds. The first kappa shape index (κ1) is 15.3. The predicted octanol–water partition coefficient (Wildman–Crippen LogP) is 3.41. The van der Waals surface area contributed by atoms with Crippen LogP contribution in [0.4, 0.5) is 0 Å². The average molecular weight is 285 g/mol. The van der Waals surface area contributed by atoms with E-state index in [0.717, 1.165) is 29.9 Å². The molecule has 0 saturated carbocycles. The molecule has 0 unspecified atom stereocenters. The van der Waals surface area contributed by atoms with Gasteiger partial charge in [-0.2, -0.15) is 5.10 Å². The third kappa shape index (κ3) is 3.51. The lowest BCUT2D eigenvalue weighted by Crippen LogP contribution is -2.33. The lowest BCUT2D eigenvalue weighted by atomic mass is 10.1. The number of aryl methyl sites for hydroxylation is 2. The van der Waals surface area contributed by atoms with Crippen LogP contribution in [0, 0.1) is 13.8 Å². The summed E-state index contributed by atoms with van der Waals surface area (Å²) in [6.07, 6.45) is 1.90. The summed E-state index contributed by atoms with van der Waals surface area (Å²) >= 11 is 0. The monoisotopic (exact) mass is 285 g/mol. The number of benzene rings is 1. The maximum Gasteiger partial charge on any atom is 0.251 e. The summed E-state index contributed by atoms with van der Waals surface area (Å²) in [5.41, 5.74) is 3.73. The molecule has 4 nitrogen and oxygen atoms in total. The van der Waals surface area contributed by atoms with Crippen molar-refractivity contribution in [3.05, 3.63) is 47.3 Å². The van der Waals surface area contributed by atoms with Crippen molar-refractivity contribution in [3.63, 3.8) is 0 Å². The molecule has 0 atom stereocenters. The van der Waals surface area contributed by atoms with Crippen LogP contribution >= 0.6 is 0 Å². The fraction of sp³-hybridized carbons (Fsp3) is 0.412. The first-order chi connectivity index (χ1) is 10.0. The minimum absolute atomic E-state index is 0.0105. The van der Waals surface area contributed by atoms with E-state index in [-0.39, 0.29) is 11.9 Å². The molecule has 0 bridgehead atoms. The highest BCUT2D eigenvalue weighted by Crippen LogP contribution is 2.13. The molecular formula is C17H23N3O. The van der Waals surface area contributed by atoms with Gasteiger partial charge >= 0.3 is 0 Å². The molecule has 0 radical (unpaired) electrons. The number of amides is 1. The van der Waals surface area contributed by atoms with Crippen molar-refractivity contribution in [2.75, 3.05) is 0 Å². The van der Waals surface area contributed by atoms with Crippen LogP contribution < -0.4 is 5.32 Å². The molecule has 0 aliphatic heterocycles. The lowest BCUT2D eigenvalue weighted by molar-refractivity contribution is 0.0935. The van der Waals surface area contributed by atoms with Crippen molar-refractivity contribution in [2.24, 2.45) is 0 Å². The molecule has 1 N–H and O–H groups in total. The number of nitrogens with one attached hydrogen (secondary N) is 1. The van der Waals surface area contributed by atoms with E-state index in [1.807, 2.05) is 48.9 Å². The van der Waals surface area contributed by atoms with E-state index in [4.69, 9.17) is 0 Å². The lowest BCUT2D eigenvalue weighted by Gasteiger charge is -2.14. The van der Waals surface area contributed by atoms with Gasteiger partial charge in [-0.05, 0) is 57.0 Å². The summed E-state index contributed by atoms with van der Waals surface area (Å²) in [5, 5.41) is 7.49. The number of nitrogens with zero attached hydrogens (tertiary/aromatic N) is 2.